The van der Waals surface area contributed by atoms with Crippen LogP contribution in [0.25, 0.3) is 0 Å². The molecule has 1 aliphatic carbocycles. The summed E-state index contributed by atoms with van der Waals surface area (Å²) in [5.41, 5.74) is 1.53. The predicted molar refractivity (Wildman–Crippen MR) is 64.2 cm³/mol. The average Bonchev–Trinajstić information content (AvgIpc) is 2.32. The smallest absolute Gasteiger partial charge is 0.101 e. The zero-order chi connectivity index (χ0) is 10.6. The Morgan fingerprint density at radius 2 is 2.36 bits per heavy atom. The van der Waals surface area contributed by atoms with E-state index in [2.05, 4.69) is 39.9 Å². The summed E-state index contributed by atoms with van der Waals surface area (Å²) in [6.07, 6.45) is 10.1. The molecular formula is C12H21BO. The highest BCUT2D eigenvalue weighted by Gasteiger charge is 2.29. The molecule has 0 fully saturated rings. The molecule has 0 saturated heterocycles. The van der Waals surface area contributed by atoms with Gasteiger partial charge >= 0.3 is 0 Å². The van der Waals surface area contributed by atoms with Crippen LogP contribution in [0.5, 0.6) is 0 Å². The SMILES string of the molecule is BCC(CO)C1(C)C=CC(C)=CCC1. The highest BCUT2D eigenvalue weighted by atomic mass is 16.3. The van der Waals surface area contributed by atoms with Crippen molar-refractivity contribution >= 4 is 7.85 Å². The van der Waals surface area contributed by atoms with Gasteiger partial charge in [0.1, 0.15) is 7.85 Å². The maximum Gasteiger partial charge on any atom is 0.101 e. The van der Waals surface area contributed by atoms with Crippen LogP contribution in [0.2, 0.25) is 6.32 Å². The number of hydrogen-bond acceptors (Lipinski definition) is 1. The molecule has 2 unspecified atom stereocenters. The van der Waals surface area contributed by atoms with E-state index in [4.69, 9.17) is 0 Å². The Balaban J connectivity index is 2.79. The lowest BCUT2D eigenvalue weighted by atomic mass is 9.69. The van der Waals surface area contributed by atoms with Crippen molar-refractivity contribution < 1.29 is 5.11 Å². The van der Waals surface area contributed by atoms with Gasteiger partial charge in [0.05, 0.1) is 0 Å². The summed E-state index contributed by atoms with van der Waals surface area (Å²) in [5, 5.41) is 9.35. The number of rotatable bonds is 3. The van der Waals surface area contributed by atoms with Crippen LogP contribution < -0.4 is 0 Å². The lowest BCUT2D eigenvalue weighted by Crippen LogP contribution is -2.27. The Morgan fingerprint density at radius 3 is 2.93 bits per heavy atom. The van der Waals surface area contributed by atoms with Gasteiger partial charge in [-0.25, -0.2) is 0 Å². The van der Waals surface area contributed by atoms with Crippen molar-refractivity contribution in [3.8, 4) is 0 Å². The Kier molecular flexibility index (Phi) is 4.00. The second-order valence-electron chi connectivity index (χ2n) is 4.61. The summed E-state index contributed by atoms with van der Waals surface area (Å²) >= 11 is 0. The molecule has 14 heavy (non-hydrogen) atoms. The number of aliphatic hydroxyl groups excluding tert-OH is 1. The van der Waals surface area contributed by atoms with E-state index in [1.54, 1.807) is 0 Å². The fourth-order valence-electron chi connectivity index (χ4n) is 2.23. The van der Waals surface area contributed by atoms with Crippen molar-refractivity contribution in [2.45, 2.75) is 33.0 Å². The van der Waals surface area contributed by atoms with E-state index in [1.165, 1.54) is 5.57 Å². The first-order valence-corrected chi connectivity index (χ1v) is 5.59. The quantitative estimate of drug-likeness (QED) is 0.677. The Labute approximate surface area is 88.3 Å². The largest absolute Gasteiger partial charge is 0.396 e. The average molecular weight is 192 g/mol. The molecule has 0 aliphatic heterocycles. The number of hydrogen-bond donors (Lipinski definition) is 1. The van der Waals surface area contributed by atoms with E-state index in [-0.39, 0.29) is 5.41 Å². The first-order valence-electron chi connectivity index (χ1n) is 5.59. The van der Waals surface area contributed by atoms with Crippen LogP contribution in [0.1, 0.15) is 26.7 Å². The molecule has 78 valence electrons. The van der Waals surface area contributed by atoms with Crippen LogP contribution in [0.3, 0.4) is 0 Å². The van der Waals surface area contributed by atoms with Crippen molar-refractivity contribution in [3.63, 3.8) is 0 Å². The van der Waals surface area contributed by atoms with E-state index in [0.29, 0.717) is 12.5 Å². The summed E-state index contributed by atoms with van der Waals surface area (Å²) in [6.45, 7) is 4.71. The van der Waals surface area contributed by atoms with Crippen LogP contribution in [0, 0.1) is 11.3 Å². The van der Waals surface area contributed by atoms with Gasteiger partial charge in [0, 0.05) is 6.61 Å². The Morgan fingerprint density at radius 1 is 1.64 bits per heavy atom. The monoisotopic (exact) mass is 192 g/mol. The van der Waals surface area contributed by atoms with E-state index >= 15 is 0 Å². The molecule has 0 aromatic heterocycles. The molecule has 1 nitrogen and oxygen atoms in total. The Bertz CT molecular complexity index is 241. The highest BCUT2D eigenvalue weighted by molar-refractivity contribution is 6.08. The lowest BCUT2D eigenvalue weighted by Gasteiger charge is -2.33. The molecule has 0 saturated carbocycles. The molecule has 0 amide bonds. The molecule has 0 heterocycles. The van der Waals surface area contributed by atoms with Gasteiger partial charge < -0.3 is 5.11 Å². The van der Waals surface area contributed by atoms with Crippen LogP contribution in [-0.4, -0.2) is 19.6 Å². The van der Waals surface area contributed by atoms with E-state index < -0.39 is 0 Å². The third-order valence-electron chi connectivity index (χ3n) is 3.52. The van der Waals surface area contributed by atoms with E-state index in [9.17, 15) is 5.11 Å². The molecule has 2 atom stereocenters. The van der Waals surface area contributed by atoms with Crippen LogP contribution in [0.15, 0.2) is 23.8 Å². The van der Waals surface area contributed by atoms with Crippen LogP contribution in [-0.2, 0) is 0 Å². The minimum atomic E-state index is 0.178. The molecule has 0 spiro atoms. The minimum Gasteiger partial charge on any atom is -0.396 e. The minimum absolute atomic E-state index is 0.178. The van der Waals surface area contributed by atoms with Crippen LogP contribution >= 0.6 is 0 Å². The third kappa shape index (κ3) is 2.51. The van der Waals surface area contributed by atoms with Gasteiger partial charge in [-0.2, -0.15) is 0 Å². The zero-order valence-corrected chi connectivity index (χ0v) is 9.59. The standard InChI is InChI=1S/C12H21BO/c1-10-4-3-6-12(2,7-5-10)11(8-13)9-14/h4-5,7,11,14H,3,6,8-9,13H2,1-2H3. The molecule has 2 heteroatoms. The van der Waals surface area contributed by atoms with Gasteiger partial charge in [-0.05, 0) is 31.1 Å². The molecule has 1 rings (SSSR count). The van der Waals surface area contributed by atoms with Crippen molar-refractivity contribution in [1.29, 1.82) is 0 Å². The van der Waals surface area contributed by atoms with E-state index in [1.807, 2.05) is 0 Å². The fourth-order valence-corrected chi connectivity index (χ4v) is 2.23. The number of allylic oxidation sites excluding steroid dienone is 4. The summed E-state index contributed by atoms with van der Waals surface area (Å²) in [4.78, 5) is 0. The lowest BCUT2D eigenvalue weighted by molar-refractivity contribution is 0.147. The van der Waals surface area contributed by atoms with Gasteiger partial charge in [0.2, 0.25) is 0 Å². The van der Waals surface area contributed by atoms with Gasteiger partial charge in [0.15, 0.2) is 0 Å². The second kappa shape index (κ2) is 4.83. The normalized spacial score (nSPS) is 29.5. The maximum atomic E-state index is 9.35. The molecular weight excluding hydrogens is 171 g/mol. The first-order chi connectivity index (χ1) is 6.62. The molecule has 1 N–H and O–H groups in total. The van der Waals surface area contributed by atoms with Crippen molar-refractivity contribution in [3.05, 3.63) is 23.8 Å². The van der Waals surface area contributed by atoms with Crippen molar-refractivity contribution in [2.75, 3.05) is 6.61 Å². The van der Waals surface area contributed by atoms with Gasteiger partial charge in [-0.3, -0.25) is 0 Å². The molecule has 0 aromatic carbocycles. The topological polar surface area (TPSA) is 20.2 Å². The summed E-state index contributed by atoms with van der Waals surface area (Å²) < 4.78 is 0. The van der Waals surface area contributed by atoms with E-state index in [0.717, 1.165) is 19.2 Å². The second-order valence-corrected chi connectivity index (χ2v) is 4.61. The van der Waals surface area contributed by atoms with Crippen molar-refractivity contribution in [1.82, 2.24) is 0 Å². The van der Waals surface area contributed by atoms with Gasteiger partial charge in [-0.15, -0.1) is 0 Å². The molecule has 0 radical (unpaired) electrons. The molecule has 0 aromatic rings. The zero-order valence-electron chi connectivity index (χ0n) is 9.59. The summed E-state index contributed by atoms with van der Waals surface area (Å²) in [6, 6.07) is 0. The Hall–Kier alpha value is -0.495. The third-order valence-corrected chi connectivity index (χ3v) is 3.52. The fraction of sp³-hybridized carbons (Fsp3) is 0.667. The highest BCUT2D eigenvalue weighted by Crippen LogP contribution is 2.38. The first kappa shape index (κ1) is 11.6. The predicted octanol–water partition coefficient (Wildman–Crippen LogP) is 1.95. The summed E-state index contributed by atoms with van der Waals surface area (Å²) in [5.74, 6) is 0.401. The number of aliphatic hydroxyl groups is 1. The molecule has 0 bridgehead atoms. The van der Waals surface area contributed by atoms with Gasteiger partial charge in [-0.1, -0.05) is 37.0 Å². The van der Waals surface area contributed by atoms with Crippen LogP contribution in [0.4, 0.5) is 0 Å². The summed E-state index contributed by atoms with van der Waals surface area (Å²) in [7, 11) is 2.16. The molecule has 1 aliphatic rings. The van der Waals surface area contributed by atoms with Gasteiger partial charge in [0.25, 0.3) is 0 Å². The van der Waals surface area contributed by atoms with Crippen molar-refractivity contribution in [2.24, 2.45) is 11.3 Å². The maximum absolute atomic E-state index is 9.35.